The zero-order chi connectivity index (χ0) is 26.0. The molecule has 0 spiro atoms. The molecule has 37 heavy (non-hydrogen) atoms. The van der Waals surface area contributed by atoms with Gasteiger partial charge in [0.2, 0.25) is 0 Å². The number of piperidine rings is 1. The Morgan fingerprint density at radius 1 is 1.05 bits per heavy atom. The van der Waals surface area contributed by atoms with Crippen molar-refractivity contribution < 1.29 is 9.53 Å². The molecule has 1 aliphatic heterocycles. The van der Waals surface area contributed by atoms with Crippen molar-refractivity contribution in [3.63, 3.8) is 0 Å². The van der Waals surface area contributed by atoms with E-state index in [2.05, 4.69) is 91.8 Å². The van der Waals surface area contributed by atoms with Crippen molar-refractivity contribution in [2.24, 2.45) is 0 Å². The first-order chi connectivity index (χ1) is 18.1. The van der Waals surface area contributed by atoms with Gasteiger partial charge < -0.3 is 19.9 Å². The highest BCUT2D eigenvalue weighted by Gasteiger charge is 2.28. The number of likely N-dealkylation sites (tertiary alicyclic amines) is 1. The molecular weight excluding hydrogens is 458 g/mol. The smallest absolute Gasteiger partial charge is 0.318 e. The number of nitrogens with zero attached hydrogens (tertiary/aromatic N) is 2. The van der Waals surface area contributed by atoms with E-state index < -0.39 is 0 Å². The number of carbonyl (C=O) groups excluding carboxylic acids is 1. The van der Waals surface area contributed by atoms with Crippen molar-refractivity contribution in [2.75, 3.05) is 33.3 Å². The van der Waals surface area contributed by atoms with Crippen LogP contribution in [0.4, 0.5) is 4.79 Å². The first kappa shape index (κ1) is 27.0. The molecule has 1 fully saturated rings. The summed E-state index contributed by atoms with van der Waals surface area (Å²) >= 11 is 0. The number of nitrogens with one attached hydrogen (secondary N) is 1. The molecule has 198 valence electrons. The van der Waals surface area contributed by atoms with Crippen LogP contribution in [0.15, 0.2) is 66.7 Å². The third-order valence-electron chi connectivity index (χ3n) is 7.61. The highest BCUT2D eigenvalue weighted by Crippen LogP contribution is 2.29. The lowest BCUT2D eigenvalue weighted by Crippen LogP contribution is -2.50. The van der Waals surface area contributed by atoms with Crippen LogP contribution in [0.3, 0.4) is 0 Å². The van der Waals surface area contributed by atoms with Gasteiger partial charge in [-0.05, 0) is 93.2 Å². The number of rotatable bonds is 11. The summed E-state index contributed by atoms with van der Waals surface area (Å²) in [6, 6.07) is 23.6. The normalized spacial score (nSPS) is 15.4. The predicted molar refractivity (Wildman–Crippen MR) is 153 cm³/mol. The molecule has 1 saturated heterocycles. The van der Waals surface area contributed by atoms with E-state index in [9.17, 15) is 4.79 Å². The fraction of sp³-hybridized carbons (Fsp3) is 0.469. The molecule has 0 saturated carbocycles. The Morgan fingerprint density at radius 2 is 1.81 bits per heavy atom. The van der Waals surface area contributed by atoms with Crippen LogP contribution in [-0.2, 0) is 6.42 Å². The number of hydrogen-bond acceptors (Lipinski definition) is 3. The quantitative estimate of drug-likeness (QED) is 0.293. The Bertz CT molecular complexity index is 1130. The van der Waals surface area contributed by atoms with Gasteiger partial charge in [0.15, 0.2) is 0 Å². The molecule has 2 amide bonds. The number of benzene rings is 3. The van der Waals surface area contributed by atoms with Crippen LogP contribution >= 0.6 is 0 Å². The van der Waals surface area contributed by atoms with Gasteiger partial charge in [-0.3, -0.25) is 0 Å². The molecule has 1 N–H and O–H groups in total. The molecule has 5 heteroatoms. The highest BCUT2D eigenvalue weighted by molar-refractivity contribution is 5.86. The summed E-state index contributed by atoms with van der Waals surface area (Å²) in [5, 5.41) is 5.86. The SMILES string of the molecule is CCCCOc1cccc(CCC(NC(=O)N(CC)C2CCN(C)CC2)c2cccc3ccccc23)c1. The van der Waals surface area contributed by atoms with Gasteiger partial charge in [-0.1, -0.05) is 67.9 Å². The first-order valence-corrected chi connectivity index (χ1v) is 14.0. The summed E-state index contributed by atoms with van der Waals surface area (Å²) in [5.74, 6) is 0.927. The monoisotopic (exact) mass is 501 g/mol. The van der Waals surface area contributed by atoms with Gasteiger partial charge in [0, 0.05) is 12.6 Å². The molecule has 1 unspecified atom stereocenters. The molecule has 1 atom stereocenters. The van der Waals surface area contributed by atoms with Gasteiger partial charge in [0.05, 0.1) is 12.6 Å². The van der Waals surface area contributed by atoms with E-state index in [1.54, 1.807) is 0 Å². The summed E-state index contributed by atoms with van der Waals surface area (Å²) in [7, 11) is 2.16. The number of unbranched alkanes of at least 4 members (excludes halogenated alkanes) is 1. The number of aryl methyl sites for hydroxylation is 1. The Balaban J connectivity index is 1.54. The van der Waals surface area contributed by atoms with Gasteiger partial charge in [-0.2, -0.15) is 0 Å². The minimum atomic E-state index is -0.0800. The number of carbonyl (C=O) groups is 1. The van der Waals surface area contributed by atoms with Crippen LogP contribution < -0.4 is 10.1 Å². The number of amides is 2. The van der Waals surface area contributed by atoms with Crippen molar-refractivity contribution >= 4 is 16.8 Å². The molecule has 0 aromatic heterocycles. The molecule has 4 rings (SSSR count). The van der Waals surface area contributed by atoms with Crippen LogP contribution in [0.1, 0.15) is 63.1 Å². The van der Waals surface area contributed by atoms with Crippen molar-refractivity contribution in [1.82, 2.24) is 15.1 Å². The zero-order valence-corrected chi connectivity index (χ0v) is 22.8. The molecule has 3 aromatic carbocycles. The van der Waals surface area contributed by atoms with E-state index in [4.69, 9.17) is 4.74 Å². The van der Waals surface area contributed by atoms with E-state index in [1.807, 2.05) is 11.0 Å². The second-order valence-corrected chi connectivity index (χ2v) is 10.3. The second kappa shape index (κ2) is 13.5. The Hall–Kier alpha value is -3.05. The van der Waals surface area contributed by atoms with Crippen LogP contribution in [0.25, 0.3) is 10.8 Å². The van der Waals surface area contributed by atoms with E-state index in [1.165, 1.54) is 21.9 Å². The average molecular weight is 502 g/mol. The topological polar surface area (TPSA) is 44.8 Å². The van der Waals surface area contributed by atoms with Crippen LogP contribution in [0.2, 0.25) is 0 Å². The number of hydrogen-bond donors (Lipinski definition) is 1. The predicted octanol–water partition coefficient (Wildman–Crippen LogP) is 6.82. The zero-order valence-electron chi connectivity index (χ0n) is 22.8. The minimum absolute atomic E-state index is 0.0478. The van der Waals surface area contributed by atoms with E-state index in [0.717, 1.165) is 70.5 Å². The highest BCUT2D eigenvalue weighted by atomic mass is 16.5. The molecule has 1 heterocycles. The van der Waals surface area contributed by atoms with Gasteiger partial charge >= 0.3 is 6.03 Å². The maximum absolute atomic E-state index is 13.7. The third kappa shape index (κ3) is 7.26. The largest absolute Gasteiger partial charge is 0.494 e. The first-order valence-electron chi connectivity index (χ1n) is 14.0. The molecule has 1 aliphatic rings. The number of fused-ring (bicyclic) bond motifs is 1. The van der Waals surface area contributed by atoms with E-state index in [-0.39, 0.29) is 12.1 Å². The Morgan fingerprint density at radius 3 is 2.59 bits per heavy atom. The van der Waals surface area contributed by atoms with Crippen molar-refractivity contribution in [3.05, 3.63) is 77.9 Å². The van der Waals surface area contributed by atoms with Crippen molar-refractivity contribution in [2.45, 2.75) is 64.5 Å². The molecular formula is C32H43N3O2. The van der Waals surface area contributed by atoms with Crippen molar-refractivity contribution in [1.29, 1.82) is 0 Å². The lowest BCUT2D eigenvalue weighted by molar-refractivity contribution is 0.132. The van der Waals surface area contributed by atoms with Gasteiger partial charge in [0.25, 0.3) is 0 Å². The summed E-state index contributed by atoms with van der Waals surface area (Å²) in [5.41, 5.74) is 2.41. The lowest BCUT2D eigenvalue weighted by Gasteiger charge is -2.37. The summed E-state index contributed by atoms with van der Waals surface area (Å²) in [4.78, 5) is 18.1. The van der Waals surface area contributed by atoms with E-state index in [0.29, 0.717) is 6.04 Å². The molecule has 0 aliphatic carbocycles. The third-order valence-corrected chi connectivity index (χ3v) is 7.61. The second-order valence-electron chi connectivity index (χ2n) is 10.3. The Labute approximate surface area is 222 Å². The van der Waals surface area contributed by atoms with Crippen LogP contribution in [0.5, 0.6) is 5.75 Å². The molecule has 0 bridgehead atoms. The van der Waals surface area contributed by atoms with Gasteiger partial charge in [-0.15, -0.1) is 0 Å². The maximum Gasteiger partial charge on any atom is 0.318 e. The summed E-state index contributed by atoms with van der Waals surface area (Å²) < 4.78 is 5.94. The number of urea groups is 1. The lowest BCUT2D eigenvalue weighted by atomic mass is 9.94. The summed E-state index contributed by atoms with van der Waals surface area (Å²) in [6.07, 6.45) is 5.93. The molecule has 5 nitrogen and oxygen atoms in total. The fourth-order valence-electron chi connectivity index (χ4n) is 5.40. The minimum Gasteiger partial charge on any atom is -0.494 e. The Kier molecular flexibility index (Phi) is 9.84. The number of ether oxygens (including phenoxy) is 1. The summed E-state index contributed by atoms with van der Waals surface area (Å²) in [6.45, 7) is 7.82. The van der Waals surface area contributed by atoms with Gasteiger partial charge in [0.1, 0.15) is 5.75 Å². The van der Waals surface area contributed by atoms with Gasteiger partial charge in [-0.25, -0.2) is 4.79 Å². The van der Waals surface area contributed by atoms with Crippen LogP contribution in [0, 0.1) is 0 Å². The molecule has 0 radical (unpaired) electrons. The maximum atomic E-state index is 13.7. The van der Waals surface area contributed by atoms with Crippen LogP contribution in [-0.4, -0.2) is 55.2 Å². The fourth-order valence-corrected chi connectivity index (χ4v) is 5.40. The average Bonchev–Trinajstić information content (AvgIpc) is 2.92. The van der Waals surface area contributed by atoms with E-state index >= 15 is 0 Å². The van der Waals surface area contributed by atoms with Crippen molar-refractivity contribution in [3.8, 4) is 5.75 Å². The standard InChI is InChI=1S/C32H43N3O2/c1-4-6-23-37-28-14-9-11-25(24-28)17-18-31(30-16-10-13-26-12-7-8-15-29(26)30)33-32(36)35(5-2)27-19-21-34(3)22-20-27/h7-16,24,27,31H,4-6,17-23H2,1-3H3,(H,33,36). The molecule has 3 aromatic rings.